The first kappa shape index (κ1) is 12.7. The Morgan fingerprint density at radius 3 is 2.13 bits per heavy atom. The predicted octanol–water partition coefficient (Wildman–Crippen LogP) is 5.47. The SMILES string of the molecule is c1c[nH]c2c(CC3c4ccccc4-c4ccccc43)ccc-2c1. The molecule has 2 aliphatic carbocycles. The minimum Gasteiger partial charge on any atom is -0.361 e. The molecule has 5 rings (SSSR count). The Kier molecular flexibility index (Phi) is 2.68. The van der Waals surface area contributed by atoms with Crippen LogP contribution in [0.2, 0.25) is 0 Å². The lowest BCUT2D eigenvalue weighted by molar-refractivity contribution is 0.828. The van der Waals surface area contributed by atoms with Crippen LogP contribution in [-0.2, 0) is 6.42 Å². The number of pyridine rings is 1. The van der Waals surface area contributed by atoms with Gasteiger partial charge in [-0.2, -0.15) is 0 Å². The van der Waals surface area contributed by atoms with E-state index in [9.17, 15) is 0 Å². The second-order valence-corrected chi connectivity index (χ2v) is 6.29. The minimum atomic E-state index is 0.446. The van der Waals surface area contributed by atoms with Gasteiger partial charge in [0.1, 0.15) is 0 Å². The molecule has 0 spiro atoms. The number of benzene rings is 2. The van der Waals surface area contributed by atoms with Crippen molar-refractivity contribution in [2.75, 3.05) is 0 Å². The van der Waals surface area contributed by atoms with Gasteiger partial charge < -0.3 is 4.98 Å². The highest BCUT2D eigenvalue weighted by Gasteiger charge is 2.28. The third kappa shape index (κ3) is 1.86. The zero-order chi connectivity index (χ0) is 15.2. The lowest BCUT2D eigenvalue weighted by Gasteiger charge is -2.14. The standard InChI is InChI=1S/C22H17N/c1-3-9-19-17(7-1)18-8-2-4-10-20(18)21(19)14-16-12-11-15-6-5-13-23-22(15)16/h1-13,21,23H,14H2. The topological polar surface area (TPSA) is 15.8 Å². The number of H-pyrrole nitrogens is 1. The Hall–Kier alpha value is -2.80. The van der Waals surface area contributed by atoms with Crippen molar-refractivity contribution in [1.82, 2.24) is 4.98 Å². The molecule has 0 atom stereocenters. The first-order valence-electron chi connectivity index (χ1n) is 8.15. The summed E-state index contributed by atoms with van der Waals surface area (Å²) in [6, 6.07) is 26.4. The lowest BCUT2D eigenvalue weighted by atomic mass is 9.90. The monoisotopic (exact) mass is 295 g/mol. The maximum atomic E-state index is 3.42. The fraction of sp³-hybridized carbons (Fsp3) is 0.0909. The van der Waals surface area contributed by atoms with Gasteiger partial charge >= 0.3 is 0 Å². The Bertz CT molecular complexity index is 917. The zero-order valence-corrected chi connectivity index (χ0v) is 12.8. The van der Waals surface area contributed by atoms with E-state index in [2.05, 4.69) is 77.8 Å². The molecule has 1 nitrogen and oxygen atoms in total. The Labute approximate surface area is 136 Å². The van der Waals surface area contributed by atoms with Crippen LogP contribution in [-0.4, -0.2) is 4.98 Å². The molecule has 1 aliphatic heterocycles. The van der Waals surface area contributed by atoms with Crippen LogP contribution in [0, 0.1) is 0 Å². The van der Waals surface area contributed by atoms with Crippen molar-refractivity contribution in [3.05, 3.63) is 95.7 Å². The van der Waals surface area contributed by atoms with Crippen LogP contribution < -0.4 is 0 Å². The highest BCUT2D eigenvalue weighted by Crippen LogP contribution is 2.46. The van der Waals surface area contributed by atoms with E-state index in [4.69, 9.17) is 0 Å². The van der Waals surface area contributed by atoms with Gasteiger partial charge in [0.15, 0.2) is 0 Å². The van der Waals surface area contributed by atoms with Crippen LogP contribution >= 0.6 is 0 Å². The number of rotatable bonds is 2. The molecule has 0 radical (unpaired) electrons. The number of aromatic amines is 1. The largest absolute Gasteiger partial charge is 0.361 e. The van der Waals surface area contributed by atoms with Gasteiger partial charge in [-0.15, -0.1) is 0 Å². The highest BCUT2D eigenvalue weighted by molar-refractivity contribution is 5.79. The normalized spacial score (nSPS) is 13.2. The van der Waals surface area contributed by atoms with Crippen molar-refractivity contribution >= 4 is 0 Å². The summed E-state index contributed by atoms with van der Waals surface area (Å²) >= 11 is 0. The van der Waals surface area contributed by atoms with Crippen LogP contribution in [0.4, 0.5) is 0 Å². The molecule has 23 heavy (non-hydrogen) atoms. The molecule has 0 aromatic heterocycles. The van der Waals surface area contributed by atoms with E-state index in [1.165, 1.54) is 39.1 Å². The Morgan fingerprint density at radius 2 is 1.39 bits per heavy atom. The van der Waals surface area contributed by atoms with Crippen molar-refractivity contribution in [2.45, 2.75) is 12.3 Å². The summed E-state index contributed by atoms with van der Waals surface area (Å²) in [5, 5.41) is 0. The Balaban J connectivity index is 1.63. The lowest BCUT2D eigenvalue weighted by Crippen LogP contribution is -2.01. The molecule has 3 aliphatic rings. The molecule has 0 bridgehead atoms. The Morgan fingerprint density at radius 1 is 0.696 bits per heavy atom. The summed E-state index contributed by atoms with van der Waals surface area (Å²) in [4.78, 5) is 3.42. The fourth-order valence-corrected chi connectivity index (χ4v) is 4.01. The van der Waals surface area contributed by atoms with Crippen molar-refractivity contribution in [2.24, 2.45) is 0 Å². The van der Waals surface area contributed by atoms with E-state index in [0.717, 1.165) is 6.42 Å². The summed E-state index contributed by atoms with van der Waals surface area (Å²) in [5.41, 5.74) is 9.67. The molecule has 0 saturated heterocycles. The highest BCUT2D eigenvalue weighted by atomic mass is 14.7. The van der Waals surface area contributed by atoms with E-state index in [-0.39, 0.29) is 0 Å². The molecule has 2 aromatic rings. The zero-order valence-electron chi connectivity index (χ0n) is 12.8. The molecule has 0 saturated carbocycles. The number of nitrogens with one attached hydrogen (secondary N) is 1. The van der Waals surface area contributed by atoms with E-state index in [1.54, 1.807) is 0 Å². The van der Waals surface area contributed by atoms with Gasteiger partial charge in [-0.25, -0.2) is 0 Å². The molecule has 110 valence electrons. The van der Waals surface area contributed by atoms with Crippen LogP contribution in [0.1, 0.15) is 22.6 Å². The fourth-order valence-electron chi connectivity index (χ4n) is 4.01. The average molecular weight is 295 g/mol. The third-order valence-corrected chi connectivity index (χ3v) is 5.06. The van der Waals surface area contributed by atoms with Gasteiger partial charge in [-0.1, -0.05) is 66.7 Å². The van der Waals surface area contributed by atoms with Gasteiger partial charge in [0.2, 0.25) is 0 Å². The molecule has 0 fully saturated rings. The number of aromatic nitrogens is 1. The minimum absolute atomic E-state index is 0.446. The molecular formula is C22H17N. The van der Waals surface area contributed by atoms with Crippen LogP contribution in [0.3, 0.4) is 0 Å². The van der Waals surface area contributed by atoms with Crippen molar-refractivity contribution in [1.29, 1.82) is 0 Å². The molecule has 1 N–H and O–H groups in total. The molecule has 1 heteroatoms. The second-order valence-electron chi connectivity index (χ2n) is 6.29. The van der Waals surface area contributed by atoms with Gasteiger partial charge in [-0.05, 0) is 45.9 Å². The van der Waals surface area contributed by atoms with E-state index >= 15 is 0 Å². The van der Waals surface area contributed by atoms with Crippen LogP contribution in [0.25, 0.3) is 22.4 Å². The van der Waals surface area contributed by atoms with E-state index in [0.29, 0.717) is 5.92 Å². The summed E-state index contributed by atoms with van der Waals surface area (Å²) in [6.07, 6.45) is 3.06. The van der Waals surface area contributed by atoms with Crippen molar-refractivity contribution in [3.8, 4) is 22.4 Å². The van der Waals surface area contributed by atoms with Gasteiger partial charge in [-0.3, -0.25) is 0 Å². The van der Waals surface area contributed by atoms with Crippen molar-refractivity contribution < 1.29 is 0 Å². The first-order chi connectivity index (χ1) is 11.4. The summed E-state index contributed by atoms with van der Waals surface area (Å²) in [7, 11) is 0. The number of hydrogen-bond acceptors (Lipinski definition) is 0. The van der Waals surface area contributed by atoms with Crippen LogP contribution in [0.5, 0.6) is 0 Å². The summed E-state index contributed by atoms with van der Waals surface area (Å²) in [5.74, 6) is 0.446. The average Bonchev–Trinajstić information content (AvgIpc) is 3.16. The summed E-state index contributed by atoms with van der Waals surface area (Å²) < 4.78 is 0. The quantitative estimate of drug-likeness (QED) is 0.504. The smallest absolute Gasteiger partial charge is 0.0486 e. The maximum Gasteiger partial charge on any atom is 0.0486 e. The predicted molar refractivity (Wildman–Crippen MR) is 94.8 cm³/mol. The van der Waals surface area contributed by atoms with Gasteiger partial charge in [0, 0.05) is 17.8 Å². The second kappa shape index (κ2) is 4.85. The molecule has 0 amide bonds. The molecule has 1 heterocycles. The van der Waals surface area contributed by atoms with Crippen LogP contribution in [0.15, 0.2) is 79.0 Å². The van der Waals surface area contributed by atoms with Gasteiger partial charge in [0.25, 0.3) is 0 Å². The van der Waals surface area contributed by atoms with E-state index in [1.807, 2.05) is 6.20 Å². The molecule has 2 aromatic carbocycles. The summed E-state index contributed by atoms with van der Waals surface area (Å²) in [6.45, 7) is 0. The van der Waals surface area contributed by atoms with Crippen molar-refractivity contribution in [3.63, 3.8) is 0 Å². The third-order valence-electron chi connectivity index (χ3n) is 5.06. The number of fused-ring (bicyclic) bond motifs is 4. The number of hydrogen-bond donors (Lipinski definition) is 1. The molecule has 0 unspecified atom stereocenters. The maximum absolute atomic E-state index is 3.42. The van der Waals surface area contributed by atoms with Gasteiger partial charge in [0.05, 0.1) is 0 Å². The first-order valence-corrected chi connectivity index (χ1v) is 8.15. The molecular weight excluding hydrogens is 278 g/mol. The van der Waals surface area contributed by atoms with E-state index < -0.39 is 0 Å².